The Morgan fingerprint density at radius 2 is 1.49 bits per heavy atom. The van der Waals surface area contributed by atoms with Gasteiger partial charge in [0.1, 0.15) is 12.7 Å². The maximum Gasteiger partial charge on any atom is 0.181 e. The van der Waals surface area contributed by atoms with E-state index in [9.17, 15) is 0 Å². The summed E-state index contributed by atoms with van der Waals surface area (Å²) in [5.41, 5.74) is 11.6. The highest BCUT2D eigenvalue weighted by molar-refractivity contribution is 7.99. The molecule has 53 heavy (non-hydrogen) atoms. The van der Waals surface area contributed by atoms with E-state index in [0.29, 0.717) is 92.0 Å². The molecule has 0 aliphatic carbocycles. The number of hydrogen-bond donors (Lipinski definition) is 2. The predicted molar refractivity (Wildman–Crippen MR) is 215 cm³/mol. The van der Waals surface area contributed by atoms with E-state index in [4.69, 9.17) is 73.4 Å². The molecule has 0 spiro atoms. The van der Waals surface area contributed by atoms with Gasteiger partial charge in [-0.05, 0) is 56.2 Å². The van der Waals surface area contributed by atoms with Crippen LogP contribution in [0.15, 0.2) is 69.2 Å². The Hall–Kier alpha value is -3.52. The van der Waals surface area contributed by atoms with E-state index < -0.39 is 0 Å². The second-order valence-corrected chi connectivity index (χ2v) is 15.8. The number of benzene rings is 2. The monoisotopic (exact) mass is 829 g/mol. The van der Waals surface area contributed by atoms with Gasteiger partial charge in [0.05, 0.1) is 13.2 Å². The van der Waals surface area contributed by atoms with E-state index in [1.165, 1.54) is 36.2 Å². The largest absolute Gasteiger partial charge is 0.382 e. The van der Waals surface area contributed by atoms with Crippen LogP contribution in [0.2, 0.25) is 20.1 Å². The Morgan fingerprint density at radius 1 is 0.868 bits per heavy atom. The molecule has 12 nitrogen and oxygen atoms in total. The van der Waals surface area contributed by atoms with Crippen LogP contribution in [0, 0.1) is 12.3 Å². The summed E-state index contributed by atoms with van der Waals surface area (Å²) in [4.78, 5) is 37.1. The van der Waals surface area contributed by atoms with E-state index in [-0.39, 0.29) is 6.04 Å². The SMILES string of the molecule is C#CCN(CCCn1c(Sc2cc(Cl)cc(Cl)c2)nc2c(N)ncnc21)CCONc1ncnc2c1nc(Sc1cc(Cl)cc(Cl)c1)n2C(C)CCC. The topological polar surface area (TPSA) is 138 Å². The standard InChI is InChI=1S/C35H35Cl4N11OS2/c1-4-7-21(3)50-33-29(46-35(50)53-27-17-24(38)14-25(39)18-27)31(42-20-44-33)47-51-12-11-48(8-5-2)9-6-10-49-32-28(30(40)41-19-43-32)45-34(49)52-26-15-22(36)13-23(37)16-26/h2,13-21H,4,6-12H2,1,3H3,(H2,40,41,43)(H,42,44,47). The van der Waals surface area contributed by atoms with Crippen LogP contribution in [-0.4, -0.2) is 70.2 Å². The number of aromatic nitrogens is 8. The number of aryl methyl sites for hydroxylation is 1. The molecule has 1 atom stereocenters. The number of halogens is 4. The first-order chi connectivity index (χ1) is 25.6. The summed E-state index contributed by atoms with van der Waals surface area (Å²) in [6.45, 7) is 6.93. The summed E-state index contributed by atoms with van der Waals surface area (Å²) in [6.07, 6.45) is 11.4. The number of fused-ring (bicyclic) bond motifs is 2. The number of nitrogens with two attached hydrogens (primary N) is 1. The van der Waals surface area contributed by atoms with E-state index in [1.807, 2.05) is 28.8 Å². The first-order valence-corrected chi connectivity index (χ1v) is 19.8. The van der Waals surface area contributed by atoms with Crippen LogP contribution in [-0.2, 0) is 11.4 Å². The lowest BCUT2D eigenvalue weighted by molar-refractivity contribution is 0.150. The van der Waals surface area contributed by atoms with Crippen LogP contribution in [0.25, 0.3) is 22.3 Å². The zero-order valence-corrected chi connectivity index (χ0v) is 33.4. The number of nitrogen functional groups attached to an aromatic ring is 1. The normalized spacial score (nSPS) is 12.2. The molecule has 0 saturated carbocycles. The summed E-state index contributed by atoms with van der Waals surface area (Å²) < 4.78 is 4.14. The van der Waals surface area contributed by atoms with Gasteiger partial charge in [-0.1, -0.05) is 89.2 Å². The number of nitrogens with one attached hydrogen (secondary N) is 1. The maximum atomic E-state index is 6.30. The van der Waals surface area contributed by atoms with Crippen molar-refractivity contribution in [2.45, 2.75) is 65.8 Å². The van der Waals surface area contributed by atoms with Gasteiger partial charge in [-0.3, -0.25) is 9.74 Å². The first kappa shape index (κ1) is 39.2. The van der Waals surface area contributed by atoms with E-state index in [1.54, 1.807) is 12.1 Å². The molecule has 0 aliphatic rings. The lowest BCUT2D eigenvalue weighted by Gasteiger charge is -2.20. The Kier molecular flexibility index (Phi) is 13.5. The lowest BCUT2D eigenvalue weighted by Crippen LogP contribution is -2.30. The molecular weight excluding hydrogens is 796 g/mol. The third-order valence-electron chi connectivity index (χ3n) is 8.06. The molecule has 6 rings (SSSR count). The Balaban J connectivity index is 1.11. The number of imidazole rings is 2. The molecule has 0 saturated heterocycles. The van der Waals surface area contributed by atoms with Gasteiger partial charge in [-0.15, -0.1) is 6.42 Å². The van der Waals surface area contributed by atoms with Gasteiger partial charge in [-0.25, -0.2) is 35.4 Å². The van der Waals surface area contributed by atoms with Gasteiger partial charge in [0.25, 0.3) is 0 Å². The molecule has 3 N–H and O–H groups in total. The molecule has 2 aromatic carbocycles. The predicted octanol–water partition coefficient (Wildman–Crippen LogP) is 9.19. The van der Waals surface area contributed by atoms with Crippen molar-refractivity contribution in [2.24, 2.45) is 0 Å². The number of rotatable bonds is 17. The average Bonchev–Trinajstić information content (AvgIpc) is 3.64. The van der Waals surface area contributed by atoms with E-state index in [0.717, 1.165) is 34.2 Å². The molecule has 1 unspecified atom stereocenters. The summed E-state index contributed by atoms with van der Waals surface area (Å²) in [7, 11) is 0. The van der Waals surface area contributed by atoms with Crippen LogP contribution in [0.3, 0.4) is 0 Å². The van der Waals surface area contributed by atoms with Crippen molar-refractivity contribution < 1.29 is 4.84 Å². The minimum absolute atomic E-state index is 0.137. The fourth-order valence-corrected chi connectivity index (χ4v) is 9.13. The highest BCUT2D eigenvalue weighted by Gasteiger charge is 2.22. The highest BCUT2D eigenvalue weighted by Crippen LogP contribution is 2.37. The third kappa shape index (κ3) is 9.78. The number of nitrogens with zero attached hydrogens (tertiary/aromatic N) is 9. The molecule has 6 aromatic rings. The van der Waals surface area contributed by atoms with Crippen molar-refractivity contribution >= 4 is 104 Å². The molecule has 18 heteroatoms. The average molecular weight is 832 g/mol. The maximum absolute atomic E-state index is 6.30. The van der Waals surface area contributed by atoms with Gasteiger partial charge in [0.15, 0.2) is 44.3 Å². The zero-order chi connectivity index (χ0) is 37.5. The van der Waals surface area contributed by atoms with Crippen LogP contribution >= 0.6 is 69.9 Å². The smallest absolute Gasteiger partial charge is 0.181 e. The number of anilines is 2. The molecule has 276 valence electrons. The second kappa shape index (κ2) is 18.2. The minimum atomic E-state index is 0.137. The van der Waals surface area contributed by atoms with Crippen LogP contribution in [0.1, 0.15) is 39.2 Å². The highest BCUT2D eigenvalue weighted by atomic mass is 35.5. The van der Waals surface area contributed by atoms with E-state index >= 15 is 0 Å². The van der Waals surface area contributed by atoms with Crippen molar-refractivity contribution in [1.29, 1.82) is 0 Å². The minimum Gasteiger partial charge on any atom is -0.382 e. The number of hydrogen-bond acceptors (Lipinski definition) is 12. The van der Waals surface area contributed by atoms with Crippen molar-refractivity contribution in [1.82, 2.24) is 43.9 Å². The van der Waals surface area contributed by atoms with Crippen LogP contribution < -0.4 is 11.2 Å². The summed E-state index contributed by atoms with van der Waals surface area (Å²) in [6, 6.07) is 10.9. The molecular formula is C35H35Cl4N11OS2. The van der Waals surface area contributed by atoms with E-state index in [2.05, 4.69) is 54.7 Å². The lowest BCUT2D eigenvalue weighted by atomic mass is 10.2. The Labute approximate surface area is 335 Å². The third-order valence-corrected chi connectivity index (χ3v) is 10.8. The fourth-order valence-electron chi connectivity index (χ4n) is 5.72. The zero-order valence-electron chi connectivity index (χ0n) is 28.8. The Bertz CT molecular complexity index is 2220. The van der Waals surface area contributed by atoms with Crippen LogP contribution in [0.5, 0.6) is 0 Å². The summed E-state index contributed by atoms with van der Waals surface area (Å²) in [5.74, 6) is 3.53. The van der Waals surface area contributed by atoms with Gasteiger partial charge in [0.2, 0.25) is 0 Å². The van der Waals surface area contributed by atoms with Crippen LogP contribution in [0.4, 0.5) is 11.6 Å². The van der Waals surface area contributed by atoms with Crippen molar-refractivity contribution in [2.75, 3.05) is 37.5 Å². The van der Waals surface area contributed by atoms with Crippen molar-refractivity contribution in [3.8, 4) is 12.3 Å². The van der Waals surface area contributed by atoms with Crippen molar-refractivity contribution in [3.05, 3.63) is 69.1 Å². The first-order valence-electron chi connectivity index (χ1n) is 16.6. The Morgan fingerprint density at radius 3 is 2.15 bits per heavy atom. The number of terminal acetylenes is 1. The second-order valence-electron chi connectivity index (χ2n) is 12.0. The van der Waals surface area contributed by atoms with Gasteiger partial charge >= 0.3 is 0 Å². The molecule has 4 aromatic heterocycles. The van der Waals surface area contributed by atoms with Crippen molar-refractivity contribution in [3.63, 3.8) is 0 Å². The quantitative estimate of drug-likeness (QED) is 0.0515. The summed E-state index contributed by atoms with van der Waals surface area (Å²) in [5, 5.41) is 3.62. The fraction of sp³-hybridized carbons (Fsp3) is 0.314. The van der Waals surface area contributed by atoms with Gasteiger partial charge in [-0.2, -0.15) is 0 Å². The van der Waals surface area contributed by atoms with Gasteiger partial charge in [0, 0.05) is 55.6 Å². The molecule has 0 fully saturated rings. The van der Waals surface area contributed by atoms with Gasteiger partial charge < -0.3 is 14.9 Å². The molecule has 0 amide bonds. The summed E-state index contributed by atoms with van der Waals surface area (Å²) >= 11 is 28.0. The molecule has 0 radical (unpaired) electrons. The molecule has 0 aliphatic heterocycles. The molecule has 0 bridgehead atoms. The molecule has 4 heterocycles.